The third kappa shape index (κ3) is 2.28. The van der Waals surface area contributed by atoms with E-state index in [0.717, 1.165) is 18.7 Å². The van der Waals surface area contributed by atoms with Gasteiger partial charge in [-0.3, -0.25) is 4.90 Å². The van der Waals surface area contributed by atoms with Gasteiger partial charge >= 0.3 is 0 Å². The van der Waals surface area contributed by atoms with Crippen molar-refractivity contribution < 1.29 is 4.74 Å². The largest absolute Gasteiger partial charge is 0.363 e. The molecule has 1 saturated carbocycles. The maximum Gasteiger partial charge on any atom is 0.0996 e. The molecule has 3 rings (SSSR count). The van der Waals surface area contributed by atoms with Crippen molar-refractivity contribution in [1.82, 2.24) is 4.90 Å². The molecule has 0 aromatic carbocycles. The molecule has 0 aromatic rings. The number of hydrogen-bond acceptors (Lipinski definition) is 2. The number of nitrogens with zero attached hydrogens (tertiary/aromatic N) is 1. The molecule has 0 spiro atoms. The van der Waals surface area contributed by atoms with E-state index >= 15 is 0 Å². The van der Waals surface area contributed by atoms with Crippen molar-refractivity contribution in [2.24, 2.45) is 5.92 Å². The van der Waals surface area contributed by atoms with Crippen LogP contribution in [-0.2, 0) is 4.74 Å². The SMILES string of the molecule is C1CCC2CC3CCCCN3COC2CC1. The molecular formula is C14H25NO. The van der Waals surface area contributed by atoms with E-state index in [-0.39, 0.29) is 0 Å². The lowest BCUT2D eigenvalue weighted by molar-refractivity contribution is -0.0371. The maximum atomic E-state index is 6.18. The third-order valence-electron chi connectivity index (χ3n) is 4.87. The summed E-state index contributed by atoms with van der Waals surface area (Å²) in [5.41, 5.74) is 0. The van der Waals surface area contributed by atoms with E-state index < -0.39 is 0 Å². The Bertz CT molecular complexity index is 231. The van der Waals surface area contributed by atoms with Crippen LogP contribution in [0.1, 0.15) is 57.8 Å². The van der Waals surface area contributed by atoms with Gasteiger partial charge in [0, 0.05) is 12.6 Å². The molecule has 0 aromatic heterocycles. The molecule has 3 atom stereocenters. The highest BCUT2D eigenvalue weighted by atomic mass is 16.5. The maximum absolute atomic E-state index is 6.18. The zero-order chi connectivity index (χ0) is 10.8. The Kier molecular flexibility index (Phi) is 3.49. The minimum Gasteiger partial charge on any atom is -0.363 e. The molecular weight excluding hydrogens is 198 g/mol. The number of rotatable bonds is 0. The molecule has 2 saturated heterocycles. The van der Waals surface area contributed by atoms with Crippen LogP contribution in [0.3, 0.4) is 0 Å². The highest BCUT2D eigenvalue weighted by Gasteiger charge is 2.34. The van der Waals surface area contributed by atoms with Gasteiger partial charge in [0.05, 0.1) is 12.8 Å². The Morgan fingerprint density at radius 2 is 1.75 bits per heavy atom. The minimum absolute atomic E-state index is 0.591. The van der Waals surface area contributed by atoms with Crippen LogP contribution in [0.15, 0.2) is 0 Å². The van der Waals surface area contributed by atoms with Gasteiger partial charge in [-0.05, 0) is 38.0 Å². The van der Waals surface area contributed by atoms with Gasteiger partial charge in [-0.1, -0.05) is 25.7 Å². The lowest BCUT2D eigenvalue weighted by atomic mass is 9.87. The van der Waals surface area contributed by atoms with Crippen LogP contribution in [0.4, 0.5) is 0 Å². The van der Waals surface area contributed by atoms with E-state index in [1.165, 1.54) is 64.3 Å². The summed E-state index contributed by atoms with van der Waals surface area (Å²) in [7, 11) is 0. The van der Waals surface area contributed by atoms with Gasteiger partial charge in [0.2, 0.25) is 0 Å². The summed E-state index contributed by atoms with van der Waals surface area (Å²) >= 11 is 0. The predicted molar refractivity (Wildman–Crippen MR) is 65.3 cm³/mol. The monoisotopic (exact) mass is 223 g/mol. The van der Waals surface area contributed by atoms with E-state index in [1.807, 2.05) is 0 Å². The van der Waals surface area contributed by atoms with Gasteiger partial charge < -0.3 is 4.74 Å². The van der Waals surface area contributed by atoms with Gasteiger partial charge in [-0.2, -0.15) is 0 Å². The zero-order valence-corrected chi connectivity index (χ0v) is 10.4. The van der Waals surface area contributed by atoms with Gasteiger partial charge in [0.15, 0.2) is 0 Å². The van der Waals surface area contributed by atoms with Gasteiger partial charge in [0.1, 0.15) is 0 Å². The molecule has 3 aliphatic rings. The first-order valence-electron chi connectivity index (χ1n) is 7.29. The van der Waals surface area contributed by atoms with E-state index in [4.69, 9.17) is 4.74 Å². The number of ether oxygens (including phenoxy) is 1. The summed E-state index contributed by atoms with van der Waals surface area (Å²) in [6, 6.07) is 0.849. The molecule has 92 valence electrons. The van der Waals surface area contributed by atoms with Crippen LogP contribution >= 0.6 is 0 Å². The second-order valence-electron chi connectivity index (χ2n) is 5.93. The van der Waals surface area contributed by atoms with E-state index in [2.05, 4.69) is 4.90 Å². The van der Waals surface area contributed by atoms with Gasteiger partial charge in [0.25, 0.3) is 0 Å². The number of hydrogen-bond donors (Lipinski definition) is 0. The molecule has 2 aliphatic heterocycles. The molecule has 3 unspecified atom stereocenters. The lowest BCUT2D eigenvalue weighted by Crippen LogP contribution is -2.39. The smallest absolute Gasteiger partial charge is 0.0996 e. The average molecular weight is 223 g/mol. The highest BCUT2D eigenvalue weighted by molar-refractivity contribution is 4.85. The Hall–Kier alpha value is -0.0800. The molecule has 3 fully saturated rings. The van der Waals surface area contributed by atoms with E-state index in [0.29, 0.717) is 6.10 Å². The molecule has 0 radical (unpaired) electrons. The highest BCUT2D eigenvalue weighted by Crippen LogP contribution is 2.35. The quantitative estimate of drug-likeness (QED) is 0.625. The fourth-order valence-electron chi connectivity index (χ4n) is 3.88. The third-order valence-corrected chi connectivity index (χ3v) is 4.87. The molecule has 2 heteroatoms. The fraction of sp³-hybridized carbons (Fsp3) is 1.00. The Morgan fingerprint density at radius 3 is 2.75 bits per heavy atom. The Morgan fingerprint density at radius 1 is 0.875 bits per heavy atom. The fourth-order valence-corrected chi connectivity index (χ4v) is 3.88. The summed E-state index contributed by atoms with van der Waals surface area (Å²) in [5.74, 6) is 0.871. The van der Waals surface area contributed by atoms with Crippen LogP contribution in [0.2, 0.25) is 0 Å². The van der Waals surface area contributed by atoms with Crippen molar-refractivity contribution in [2.45, 2.75) is 69.9 Å². The lowest BCUT2D eigenvalue weighted by Gasteiger charge is -2.33. The Labute approximate surface area is 99.3 Å². The molecule has 2 heterocycles. The van der Waals surface area contributed by atoms with Crippen molar-refractivity contribution in [1.29, 1.82) is 0 Å². The molecule has 16 heavy (non-hydrogen) atoms. The van der Waals surface area contributed by atoms with Crippen LogP contribution in [0.5, 0.6) is 0 Å². The first-order valence-corrected chi connectivity index (χ1v) is 7.29. The van der Waals surface area contributed by atoms with Crippen molar-refractivity contribution >= 4 is 0 Å². The Balaban J connectivity index is 1.69. The standard InChI is InChI=1S/C14H25NO/c1-2-6-12-10-13-7-4-5-9-15(13)11-16-14(12)8-3-1/h12-14H,1-11H2. The van der Waals surface area contributed by atoms with Gasteiger partial charge in [-0.15, -0.1) is 0 Å². The molecule has 2 nitrogen and oxygen atoms in total. The number of fused-ring (bicyclic) bond motifs is 2. The molecule has 0 amide bonds. The van der Waals surface area contributed by atoms with Crippen LogP contribution in [-0.4, -0.2) is 30.3 Å². The predicted octanol–water partition coefficient (Wildman–Crippen LogP) is 3.17. The first-order chi connectivity index (χ1) is 7.93. The minimum atomic E-state index is 0.591. The molecule has 1 aliphatic carbocycles. The summed E-state index contributed by atoms with van der Waals surface area (Å²) in [6.07, 6.45) is 13.3. The summed E-state index contributed by atoms with van der Waals surface area (Å²) in [5, 5.41) is 0. The van der Waals surface area contributed by atoms with Gasteiger partial charge in [-0.25, -0.2) is 0 Å². The van der Waals surface area contributed by atoms with Crippen molar-refractivity contribution in [2.75, 3.05) is 13.3 Å². The summed E-state index contributed by atoms with van der Waals surface area (Å²) in [6.45, 7) is 2.20. The van der Waals surface area contributed by atoms with Crippen molar-refractivity contribution in [3.8, 4) is 0 Å². The van der Waals surface area contributed by atoms with E-state index in [9.17, 15) is 0 Å². The summed E-state index contributed by atoms with van der Waals surface area (Å²) < 4.78 is 6.18. The van der Waals surface area contributed by atoms with Crippen LogP contribution < -0.4 is 0 Å². The molecule has 0 bridgehead atoms. The zero-order valence-electron chi connectivity index (χ0n) is 10.4. The first kappa shape index (κ1) is 11.0. The second-order valence-corrected chi connectivity index (χ2v) is 5.93. The average Bonchev–Trinajstić information content (AvgIpc) is 2.61. The second kappa shape index (κ2) is 5.05. The topological polar surface area (TPSA) is 12.5 Å². The van der Waals surface area contributed by atoms with Crippen LogP contribution in [0.25, 0.3) is 0 Å². The van der Waals surface area contributed by atoms with Crippen LogP contribution in [0, 0.1) is 5.92 Å². The summed E-state index contributed by atoms with van der Waals surface area (Å²) in [4.78, 5) is 2.61. The van der Waals surface area contributed by atoms with E-state index in [1.54, 1.807) is 0 Å². The van der Waals surface area contributed by atoms with Crippen molar-refractivity contribution in [3.05, 3.63) is 0 Å². The molecule has 0 N–H and O–H groups in total. The normalized spacial score (nSPS) is 41.6. The number of piperidine rings is 1. The van der Waals surface area contributed by atoms with Crippen molar-refractivity contribution in [3.63, 3.8) is 0 Å².